The third-order valence-electron chi connectivity index (χ3n) is 6.13. The molecular weight excluding hydrogens is 384 g/mol. The van der Waals surface area contributed by atoms with E-state index in [0.717, 1.165) is 57.1 Å². The molecular formula is C26H38N4O. The van der Waals surface area contributed by atoms with Crippen molar-refractivity contribution >= 4 is 0 Å². The van der Waals surface area contributed by atoms with Gasteiger partial charge in [0.2, 0.25) is 5.88 Å². The van der Waals surface area contributed by atoms with Crippen molar-refractivity contribution in [3.8, 4) is 11.9 Å². The van der Waals surface area contributed by atoms with Gasteiger partial charge in [-0.15, -0.1) is 0 Å². The number of allylic oxidation sites excluding steroid dienone is 2. The summed E-state index contributed by atoms with van der Waals surface area (Å²) in [6, 6.07) is 6.39. The Labute approximate surface area is 188 Å². The molecule has 1 aliphatic carbocycles. The Kier molecular flexibility index (Phi) is 9.12. The summed E-state index contributed by atoms with van der Waals surface area (Å²) in [5, 5.41) is 9.18. The summed E-state index contributed by atoms with van der Waals surface area (Å²) in [6.45, 7) is 12.8. The van der Waals surface area contributed by atoms with E-state index < -0.39 is 0 Å². The van der Waals surface area contributed by atoms with Crippen LogP contribution in [0.5, 0.6) is 5.88 Å². The van der Waals surface area contributed by atoms with Crippen molar-refractivity contribution in [3.63, 3.8) is 0 Å². The van der Waals surface area contributed by atoms with E-state index in [0.29, 0.717) is 11.8 Å². The molecule has 5 heteroatoms. The zero-order chi connectivity index (χ0) is 22.1. The summed E-state index contributed by atoms with van der Waals surface area (Å²) >= 11 is 0. The standard InChI is InChI=1S/C26H38N4O/c1-4-29(19-24-9-10-24)15-13-22(3)31-26-12-11-25(17-28-26)20-30-14-5-6-23(16-27)8-7-21(2)18-30/h6-8,11-12,17,21-22,24H,4-5,9-10,13-15,18-20H2,1-3H3/b8-7-,23-6+. The van der Waals surface area contributed by atoms with E-state index in [-0.39, 0.29) is 6.10 Å². The molecule has 0 saturated heterocycles. The number of rotatable bonds is 10. The highest BCUT2D eigenvalue weighted by Gasteiger charge is 2.23. The molecule has 2 atom stereocenters. The maximum atomic E-state index is 9.18. The van der Waals surface area contributed by atoms with Crippen molar-refractivity contribution in [1.82, 2.24) is 14.8 Å². The fraction of sp³-hybridized carbons (Fsp3) is 0.615. The van der Waals surface area contributed by atoms with Crippen molar-refractivity contribution in [1.29, 1.82) is 5.26 Å². The minimum atomic E-state index is 0.165. The second kappa shape index (κ2) is 12.0. The molecule has 2 heterocycles. The molecule has 2 unspecified atom stereocenters. The zero-order valence-electron chi connectivity index (χ0n) is 19.5. The normalized spacial score (nSPS) is 23.7. The number of ether oxygens (including phenoxy) is 1. The lowest BCUT2D eigenvalue weighted by Gasteiger charge is -2.24. The van der Waals surface area contributed by atoms with Crippen molar-refractivity contribution in [2.75, 3.05) is 32.7 Å². The second-order valence-electron chi connectivity index (χ2n) is 9.19. The predicted molar refractivity (Wildman–Crippen MR) is 126 cm³/mol. The average molecular weight is 423 g/mol. The Hall–Kier alpha value is -2.16. The van der Waals surface area contributed by atoms with Gasteiger partial charge < -0.3 is 9.64 Å². The number of hydrogen-bond donors (Lipinski definition) is 0. The van der Waals surface area contributed by atoms with E-state index in [4.69, 9.17) is 4.74 Å². The molecule has 0 spiro atoms. The lowest BCUT2D eigenvalue weighted by molar-refractivity contribution is 0.170. The number of aromatic nitrogens is 1. The Balaban J connectivity index is 1.46. The second-order valence-corrected chi connectivity index (χ2v) is 9.19. The van der Waals surface area contributed by atoms with Crippen LogP contribution in [-0.4, -0.2) is 53.6 Å². The van der Waals surface area contributed by atoms with Gasteiger partial charge in [-0.25, -0.2) is 4.98 Å². The first kappa shape index (κ1) is 23.5. The van der Waals surface area contributed by atoms with Crippen molar-refractivity contribution in [2.45, 2.75) is 59.1 Å². The largest absolute Gasteiger partial charge is 0.475 e. The number of nitrogens with zero attached hydrogens (tertiary/aromatic N) is 4. The first-order valence-electron chi connectivity index (χ1n) is 11.9. The minimum absolute atomic E-state index is 0.165. The maximum Gasteiger partial charge on any atom is 0.213 e. The topological polar surface area (TPSA) is 52.4 Å². The van der Waals surface area contributed by atoms with Crippen LogP contribution in [0.15, 0.2) is 42.1 Å². The summed E-state index contributed by atoms with van der Waals surface area (Å²) in [4.78, 5) is 9.55. The van der Waals surface area contributed by atoms with Crippen LogP contribution in [0, 0.1) is 23.2 Å². The van der Waals surface area contributed by atoms with Gasteiger partial charge in [-0.2, -0.15) is 5.26 Å². The smallest absolute Gasteiger partial charge is 0.213 e. The third-order valence-corrected chi connectivity index (χ3v) is 6.13. The van der Waals surface area contributed by atoms with Gasteiger partial charge in [0.05, 0.1) is 12.2 Å². The number of pyridine rings is 1. The van der Waals surface area contributed by atoms with Gasteiger partial charge in [-0.05, 0) is 62.6 Å². The van der Waals surface area contributed by atoms with Crippen LogP contribution in [-0.2, 0) is 6.54 Å². The van der Waals surface area contributed by atoms with Gasteiger partial charge in [0.15, 0.2) is 0 Å². The molecule has 0 bridgehead atoms. The first-order chi connectivity index (χ1) is 15.1. The molecule has 0 amide bonds. The van der Waals surface area contributed by atoms with E-state index >= 15 is 0 Å². The molecule has 2 aliphatic rings. The number of nitriles is 1. The molecule has 0 aromatic carbocycles. The van der Waals surface area contributed by atoms with Crippen molar-refractivity contribution in [2.24, 2.45) is 11.8 Å². The molecule has 0 radical (unpaired) electrons. The summed E-state index contributed by atoms with van der Waals surface area (Å²) in [7, 11) is 0. The zero-order valence-corrected chi connectivity index (χ0v) is 19.5. The van der Waals surface area contributed by atoms with Gasteiger partial charge in [-0.1, -0.05) is 32.1 Å². The summed E-state index contributed by atoms with van der Waals surface area (Å²) in [6.07, 6.45) is 13.0. The van der Waals surface area contributed by atoms with Crippen molar-refractivity contribution < 1.29 is 4.74 Å². The monoisotopic (exact) mass is 422 g/mol. The Morgan fingerprint density at radius 3 is 2.87 bits per heavy atom. The summed E-state index contributed by atoms with van der Waals surface area (Å²) in [5.41, 5.74) is 1.96. The van der Waals surface area contributed by atoms with Gasteiger partial charge in [0.1, 0.15) is 0 Å². The highest BCUT2D eigenvalue weighted by molar-refractivity contribution is 5.33. The van der Waals surface area contributed by atoms with Gasteiger partial charge in [0, 0.05) is 50.6 Å². The fourth-order valence-electron chi connectivity index (χ4n) is 4.03. The highest BCUT2D eigenvalue weighted by Crippen LogP contribution is 2.29. The predicted octanol–water partition coefficient (Wildman–Crippen LogP) is 4.82. The van der Waals surface area contributed by atoms with Crippen LogP contribution in [0.4, 0.5) is 0 Å². The molecule has 1 aliphatic heterocycles. The molecule has 168 valence electrons. The van der Waals surface area contributed by atoms with Crippen LogP contribution in [0.3, 0.4) is 0 Å². The number of hydrogen-bond acceptors (Lipinski definition) is 5. The Morgan fingerprint density at radius 2 is 2.19 bits per heavy atom. The van der Waals surface area contributed by atoms with Crippen molar-refractivity contribution in [3.05, 3.63) is 47.7 Å². The van der Waals surface area contributed by atoms with Gasteiger partial charge >= 0.3 is 0 Å². The third kappa shape index (κ3) is 8.47. The Morgan fingerprint density at radius 1 is 1.35 bits per heavy atom. The van der Waals surface area contributed by atoms with Crippen LogP contribution in [0.1, 0.15) is 52.0 Å². The van der Waals surface area contributed by atoms with Gasteiger partial charge in [0.25, 0.3) is 0 Å². The van der Waals surface area contributed by atoms with E-state index in [2.05, 4.69) is 53.8 Å². The Bertz CT molecular complexity index is 776. The summed E-state index contributed by atoms with van der Waals surface area (Å²) < 4.78 is 6.07. The molecule has 1 saturated carbocycles. The average Bonchev–Trinajstić information content (AvgIpc) is 3.57. The van der Waals surface area contributed by atoms with Crippen LogP contribution >= 0.6 is 0 Å². The molecule has 0 N–H and O–H groups in total. The van der Waals surface area contributed by atoms with E-state index in [1.165, 1.54) is 24.9 Å². The summed E-state index contributed by atoms with van der Waals surface area (Å²) in [5.74, 6) is 2.06. The van der Waals surface area contributed by atoms with Crippen LogP contribution in [0.2, 0.25) is 0 Å². The van der Waals surface area contributed by atoms with Crippen LogP contribution < -0.4 is 4.74 Å². The first-order valence-corrected chi connectivity index (χ1v) is 11.9. The van der Waals surface area contributed by atoms with E-state index in [1.54, 1.807) is 0 Å². The van der Waals surface area contributed by atoms with E-state index in [9.17, 15) is 5.26 Å². The lowest BCUT2D eigenvalue weighted by atomic mass is 10.1. The fourth-order valence-corrected chi connectivity index (χ4v) is 4.03. The molecule has 1 aromatic rings. The van der Waals surface area contributed by atoms with Crippen LogP contribution in [0.25, 0.3) is 0 Å². The molecule has 3 rings (SSSR count). The molecule has 5 nitrogen and oxygen atoms in total. The van der Waals surface area contributed by atoms with E-state index in [1.807, 2.05) is 24.4 Å². The van der Waals surface area contributed by atoms with Gasteiger partial charge in [-0.3, -0.25) is 4.90 Å². The quantitative estimate of drug-likeness (QED) is 0.541. The highest BCUT2D eigenvalue weighted by atomic mass is 16.5. The molecule has 1 aromatic heterocycles. The molecule has 1 fully saturated rings. The lowest BCUT2D eigenvalue weighted by Crippen LogP contribution is -2.30. The maximum absolute atomic E-state index is 9.18. The minimum Gasteiger partial charge on any atom is -0.475 e. The molecule has 31 heavy (non-hydrogen) atoms. The SMILES string of the molecule is CCN(CCC(C)Oc1ccc(CN2CC/C=C(C#N)\C=C/C(C)C2)cn1)CC1CC1.